The van der Waals surface area contributed by atoms with E-state index < -0.39 is 5.97 Å². The zero-order valence-electron chi connectivity index (χ0n) is 15.6. The van der Waals surface area contributed by atoms with E-state index in [0.29, 0.717) is 32.1 Å². The van der Waals surface area contributed by atoms with Gasteiger partial charge in [-0.15, -0.1) is 0 Å². The predicted octanol–water partition coefficient (Wildman–Crippen LogP) is 6.06. The molecule has 28 heavy (non-hydrogen) atoms. The third kappa shape index (κ3) is 5.64. The Labute approximate surface area is 178 Å². The minimum atomic E-state index is -0.596. The summed E-state index contributed by atoms with van der Waals surface area (Å²) in [6.45, 7) is 3.64. The monoisotopic (exact) mass is 440 g/mol. The molecule has 0 spiro atoms. The van der Waals surface area contributed by atoms with Crippen molar-refractivity contribution < 1.29 is 14.3 Å². The van der Waals surface area contributed by atoms with Crippen LogP contribution >= 0.6 is 34.8 Å². The topological polar surface area (TPSA) is 59.9 Å². The van der Waals surface area contributed by atoms with Crippen LogP contribution in [0.4, 0.5) is 5.69 Å². The number of benzene rings is 2. The van der Waals surface area contributed by atoms with Gasteiger partial charge in [0.25, 0.3) is 0 Å². The van der Waals surface area contributed by atoms with Crippen LogP contribution in [0.2, 0.25) is 15.1 Å². The molecule has 0 saturated carbocycles. The van der Waals surface area contributed by atoms with E-state index in [0.717, 1.165) is 5.56 Å². The molecule has 0 aliphatic carbocycles. The minimum absolute atomic E-state index is 0.0552. The van der Waals surface area contributed by atoms with Crippen molar-refractivity contribution in [2.75, 3.05) is 19.1 Å². The molecule has 1 N–H and O–H groups in total. The summed E-state index contributed by atoms with van der Waals surface area (Å²) >= 11 is 18.0. The van der Waals surface area contributed by atoms with Crippen LogP contribution in [-0.4, -0.2) is 25.4 Å². The molecule has 0 amide bonds. The molecule has 0 aromatic heterocycles. The van der Waals surface area contributed by atoms with Gasteiger partial charge in [-0.05, 0) is 56.3 Å². The lowest BCUT2D eigenvalue weighted by atomic mass is 10.1. The second kappa shape index (κ2) is 10.4. The van der Waals surface area contributed by atoms with Crippen LogP contribution in [0, 0.1) is 0 Å². The van der Waals surface area contributed by atoms with Crippen LogP contribution in [0.3, 0.4) is 0 Å². The molecule has 0 unspecified atom stereocenters. The Morgan fingerprint density at radius 1 is 1.07 bits per heavy atom. The second-order valence-electron chi connectivity index (χ2n) is 5.58. The van der Waals surface area contributed by atoms with Gasteiger partial charge in [-0.3, -0.25) is 5.43 Å². The first-order valence-electron chi connectivity index (χ1n) is 8.34. The molecule has 2 aromatic rings. The van der Waals surface area contributed by atoms with Crippen LogP contribution in [0.15, 0.2) is 53.1 Å². The molecule has 0 radical (unpaired) electrons. The number of hydrazone groups is 1. The van der Waals surface area contributed by atoms with Crippen LogP contribution in [0.1, 0.15) is 19.4 Å². The number of hydrogen-bond acceptors (Lipinski definition) is 5. The van der Waals surface area contributed by atoms with E-state index in [4.69, 9.17) is 44.3 Å². The number of esters is 1. The number of ether oxygens (including phenoxy) is 2. The van der Waals surface area contributed by atoms with E-state index in [2.05, 4.69) is 10.5 Å². The Balaban J connectivity index is 2.48. The summed E-state index contributed by atoms with van der Waals surface area (Å²) < 4.78 is 10.7. The summed E-state index contributed by atoms with van der Waals surface area (Å²) in [5, 5.41) is 5.67. The summed E-state index contributed by atoms with van der Waals surface area (Å²) in [7, 11) is 1.51. The van der Waals surface area contributed by atoms with E-state index in [1.54, 1.807) is 56.3 Å². The molecule has 148 valence electrons. The van der Waals surface area contributed by atoms with Crippen LogP contribution < -0.4 is 5.43 Å². The van der Waals surface area contributed by atoms with E-state index >= 15 is 0 Å². The summed E-state index contributed by atoms with van der Waals surface area (Å²) in [5.74, 6) is -0.131. The Kier molecular flexibility index (Phi) is 8.18. The quantitative estimate of drug-likeness (QED) is 0.246. The predicted molar refractivity (Wildman–Crippen MR) is 115 cm³/mol. The van der Waals surface area contributed by atoms with Gasteiger partial charge >= 0.3 is 5.97 Å². The fourth-order valence-electron chi connectivity index (χ4n) is 2.37. The average molecular weight is 442 g/mol. The van der Waals surface area contributed by atoms with Crippen molar-refractivity contribution in [3.05, 3.63) is 68.7 Å². The third-order valence-electron chi connectivity index (χ3n) is 3.69. The van der Waals surface area contributed by atoms with Crippen LogP contribution in [0.5, 0.6) is 0 Å². The number of methoxy groups -OCH3 is 1. The highest BCUT2D eigenvalue weighted by Crippen LogP contribution is 2.26. The van der Waals surface area contributed by atoms with Crippen LogP contribution in [-0.2, 0) is 14.3 Å². The molecule has 0 aliphatic rings. The van der Waals surface area contributed by atoms with Gasteiger partial charge < -0.3 is 9.47 Å². The van der Waals surface area contributed by atoms with Gasteiger partial charge in [0.2, 0.25) is 0 Å². The van der Waals surface area contributed by atoms with Crippen molar-refractivity contribution in [3.8, 4) is 0 Å². The van der Waals surface area contributed by atoms with Gasteiger partial charge in [0.15, 0.2) is 5.71 Å². The van der Waals surface area contributed by atoms with Gasteiger partial charge in [-0.1, -0.05) is 34.8 Å². The smallest absolute Gasteiger partial charge is 0.359 e. The molecule has 0 bridgehead atoms. The minimum Gasteiger partial charge on any atom is -0.496 e. The number of anilines is 1. The lowest BCUT2D eigenvalue weighted by molar-refractivity contribution is -0.134. The van der Waals surface area contributed by atoms with Crippen molar-refractivity contribution in [2.24, 2.45) is 5.10 Å². The first kappa shape index (κ1) is 22.1. The van der Waals surface area contributed by atoms with E-state index in [1.165, 1.54) is 7.11 Å². The van der Waals surface area contributed by atoms with Gasteiger partial charge in [0.05, 0.1) is 24.4 Å². The average Bonchev–Trinajstić information content (AvgIpc) is 2.66. The number of halogens is 3. The molecule has 0 atom stereocenters. The lowest BCUT2D eigenvalue weighted by Crippen LogP contribution is -2.21. The number of nitrogens with zero attached hydrogens (tertiary/aromatic N) is 1. The fourth-order valence-corrected chi connectivity index (χ4v) is 2.95. The molecular weight excluding hydrogens is 423 g/mol. The van der Waals surface area contributed by atoms with Crippen LogP contribution in [0.25, 0.3) is 5.76 Å². The number of nitrogens with one attached hydrogen (secondary N) is 1. The van der Waals surface area contributed by atoms with Crippen molar-refractivity contribution in [2.45, 2.75) is 13.8 Å². The first-order chi connectivity index (χ1) is 13.4. The normalized spacial score (nSPS) is 12.3. The Bertz CT molecular complexity index is 909. The third-order valence-corrected chi connectivity index (χ3v) is 4.49. The highest BCUT2D eigenvalue weighted by atomic mass is 35.5. The van der Waals surface area contributed by atoms with E-state index in [-0.39, 0.29) is 12.3 Å². The molecule has 0 saturated heterocycles. The standard InChI is InChI=1S/C20H19Cl3N2O3/c1-4-28-20(26)18(25-24-17-10-9-15(22)11-16(17)23)12(2)19(27-3)13-5-7-14(21)8-6-13/h5-11,24H,4H2,1-3H3/b19-12-,25-18?. The molecule has 5 nitrogen and oxygen atoms in total. The zero-order valence-corrected chi connectivity index (χ0v) is 17.8. The summed E-state index contributed by atoms with van der Waals surface area (Å²) in [6.07, 6.45) is 0. The Morgan fingerprint density at radius 2 is 1.71 bits per heavy atom. The number of rotatable bonds is 7. The van der Waals surface area contributed by atoms with Gasteiger partial charge in [0, 0.05) is 21.2 Å². The summed E-state index contributed by atoms with van der Waals surface area (Å²) in [5.41, 5.74) is 4.56. The second-order valence-corrected chi connectivity index (χ2v) is 6.86. The van der Waals surface area contributed by atoms with Crippen molar-refractivity contribution >= 4 is 57.9 Å². The number of carbonyl (C=O) groups is 1. The number of carbonyl (C=O) groups excluding carboxylic acids is 1. The molecule has 8 heteroatoms. The molecule has 0 aliphatic heterocycles. The van der Waals surface area contributed by atoms with Crippen molar-refractivity contribution in [1.29, 1.82) is 0 Å². The van der Waals surface area contributed by atoms with Gasteiger partial charge in [-0.2, -0.15) is 5.10 Å². The van der Waals surface area contributed by atoms with Gasteiger partial charge in [0.1, 0.15) is 5.76 Å². The molecule has 0 fully saturated rings. The Morgan fingerprint density at radius 3 is 2.29 bits per heavy atom. The zero-order chi connectivity index (χ0) is 20.7. The SMILES string of the molecule is CCOC(=O)C(=NNc1ccc(Cl)cc1Cl)/C(C)=C(\OC)c1ccc(Cl)cc1. The highest BCUT2D eigenvalue weighted by Gasteiger charge is 2.21. The summed E-state index contributed by atoms with van der Waals surface area (Å²) in [4.78, 5) is 12.5. The Hall–Kier alpha value is -2.21. The lowest BCUT2D eigenvalue weighted by Gasteiger charge is -2.14. The fraction of sp³-hybridized carbons (Fsp3) is 0.200. The van der Waals surface area contributed by atoms with Crippen molar-refractivity contribution in [3.63, 3.8) is 0 Å². The molecule has 2 rings (SSSR count). The highest BCUT2D eigenvalue weighted by molar-refractivity contribution is 6.44. The molecule has 0 heterocycles. The molecule has 2 aromatic carbocycles. The van der Waals surface area contributed by atoms with Gasteiger partial charge in [-0.25, -0.2) is 4.79 Å². The molecular formula is C20H19Cl3N2O3. The number of hydrogen-bond donors (Lipinski definition) is 1. The maximum Gasteiger partial charge on any atom is 0.359 e. The first-order valence-corrected chi connectivity index (χ1v) is 9.47. The largest absolute Gasteiger partial charge is 0.496 e. The maximum absolute atomic E-state index is 12.5. The van der Waals surface area contributed by atoms with Crippen molar-refractivity contribution in [1.82, 2.24) is 0 Å². The maximum atomic E-state index is 12.5. The van der Waals surface area contributed by atoms with E-state index in [9.17, 15) is 4.79 Å². The summed E-state index contributed by atoms with van der Waals surface area (Å²) in [6, 6.07) is 11.9. The van der Waals surface area contributed by atoms with E-state index in [1.807, 2.05) is 0 Å².